The van der Waals surface area contributed by atoms with Crippen molar-refractivity contribution in [1.29, 1.82) is 0 Å². The van der Waals surface area contributed by atoms with Gasteiger partial charge in [0.25, 0.3) is 5.56 Å². The molecule has 0 unspecified atom stereocenters. The highest BCUT2D eigenvalue weighted by atomic mass is 35.5. The number of nitrogens with zero attached hydrogens (tertiary/aromatic N) is 2. The lowest BCUT2D eigenvalue weighted by Gasteiger charge is -2.15. The van der Waals surface area contributed by atoms with Gasteiger partial charge < -0.3 is 19.3 Å². The molecule has 0 amide bonds. The number of aliphatic hydroxyl groups excluding tert-OH is 1. The highest BCUT2D eigenvalue weighted by Gasteiger charge is 2.30. The van der Waals surface area contributed by atoms with Crippen LogP contribution in [0.5, 0.6) is 17.2 Å². The lowest BCUT2D eigenvalue weighted by Crippen LogP contribution is -2.20. The summed E-state index contributed by atoms with van der Waals surface area (Å²) in [7, 11) is 1.54. The van der Waals surface area contributed by atoms with Gasteiger partial charge in [0, 0.05) is 24.5 Å². The normalized spacial score (nSPS) is 14.2. The molecule has 1 aromatic carbocycles. The first-order valence-electron chi connectivity index (χ1n) is 9.98. The van der Waals surface area contributed by atoms with Crippen molar-refractivity contribution >= 4 is 11.6 Å². The number of aromatic nitrogens is 2. The zero-order chi connectivity index (χ0) is 21.8. The lowest BCUT2D eigenvalue weighted by atomic mass is 10.2. The average Bonchev–Trinajstić information content (AvgIpc) is 3.63. The molecule has 7 nitrogen and oxygen atoms in total. The molecule has 4 rings (SSSR count). The summed E-state index contributed by atoms with van der Waals surface area (Å²) in [5.74, 6) is 1.79. The maximum absolute atomic E-state index is 12.6. The summed E-state index contributed by atoms with van der Waals surface area (Å²) in [6.45, 7) is 0.446. The molecule has 0 bridgehead atoms. The predicted molar refractivity (Wildman–Crippen MR) is 116 cm³/mol. The monoisotopic (exact) mass is 442 g/mol. The first-order chi connectivity index (χ1) is 15.0. The molecule has 2 aromatic heterocycles. The number of hydrogen-bond acceptors (Lipinski definition) is 6. The fourth-order valence-corrected chi connectivity index (χ4v) is 3.24. The summed E-state index contributed by atoms with van der Waals surface area (Å²) in [6, 6.07) is 11.8. The van der Waals surface area contributed by atoms with E-state index in [9.17, 15) is 9.90 Å². The standard InChI is InChI=1S/C23H23ClN2O5/c1-29-22-10-18(6-7-21(22)31-14-20(27)15-2-3-15)26-9-8-19(11-23(26)28)30-13-17-5-4-16(24)12-25-17/h4-12,15,20,27H,2-3,13-14H2,1H3/t20-/m0/s1. The second kappa shape index (κ2) is 9.41. The van der Waals surface area contributed by atoms with Crippen LogP contribution in [0.3, 0.4) is 0 Å². The van der Waals surface area contributed by atoms with Crippen molar-refractivity contribution in [1.82, 2.24) is 9.55 Å². The van der Waals surface area contributed by atoms with Gasteiger partial charge in [0.05, 0.1) is 29.6 Å². The Balaban J connectivity index is 1.45. The largest absolute Gasteiger partial charge is 0.493 e. The van der Waals surface area contributed by atoms with Crippen molar-refractivity contribution in [3.05, 3.63) is 75.9 Å². The number of methoxy groups -OCH3 is 1. The van der Waals surface area contributed by atoms with Crippen molar-refractivity contribution in [2.24, 2.45) is 5.92 Å². The molecule has 8 heteroatoms. The minimum absolute atomic E-state index is 0.217. The van der Waals surface area contributed by atoms with Crippen LogP contribution in [0.15, 0.2) is 59.7 Å². The summed E-state index contributed by atoms with van der Waals surface area (Å²) in [5.41, 5.74) is 1.09. The highest BCUT2D eigenvalue weighted by Crippen LogP contribution is 2.34. The molecule has 0 radical (unpaired) electrons. The van der Waals surface area contributed by atoms with Gasteiger partial charge in [-0.2, -0.15) is 0 Å². The fourth-order valence-electron chi connectivity index (χ4n) is 3.13. The molecule has 3 aromatic rings. The maximum Gasteiger partial charge on any atom is 0.258 e. The Kier molecular flexibility index (Phi) is 6.44. The minimum Gasteiger partial charge on any atom is -0.493 e. The van der Waals surface area contributed by atoms with Gasteiger partial charge in [0.1, 0.15) is 19.0 Å². The molecule has 2 heterocycles. The van der Waals surface area contributed by atoms with Crippen molar-refractivity contribution in [2.45, 2.75) is 25.6 Å². The summed E-state index contributed by atoms with van der Waals surface area (Å²) in [4.78, 5) is 16.8. The van der Waals surface area contributed by atoms with Gasteiger partial charge in [-0.05, 0) is 49.1 Å². The van der Waals surface area contributed by atoms with E-state index in [2.05, 4.69) is 4.98 Å². The Morgan fingerprint density at radius 3 is 2.68 bits per heavy atom. The Hall–Kier alpha value is -3.03. The summed E-state index contributed by atoms with van der Waals surface area (Å²) < 4.78 is 18.3. The minimum atomic E-state index is -0.470. The quantitative estimate of drug-likeness (QED) is 0.545. The molecular weight excluding hydrogens is 420 g/mol. The van der Waals surface area contributed by atoms with Crippen LogP contribution in [-0.4, -0.2) is 34.5 Å². The van der Waals surface area contributed by atoms with Crippen molar-refractivity contribution in [3.63, 3.8) is 0 Å². The Morgan fingerprint density at radius 2 is 2.00 bits per heavy atom. The molecule has 1 saturated carbocycles. The molecule has 0 spiro atoms. The Labute approximate surface area is 184 Å². The number of halogens is 1. The van der Waals surface area contributed by atoms with E-state index in [1.807, 2.05) is 0 Å². The van der Waals surface area contributed by atoms with Gasteiger partial charge in [0.15, 0.2) is 11.5 Å². The van der Waals surface area contributed by atoms with Crippen LogP contribution in [0.25, 0.3) is 5.69 Å². The van der Waals surface area contributed by atoms with E-state index in [4.69, 9.17) is 25.8 Å². The fraction of sp³-hybridized carbons (Fsp3) is 0.304. The smallest absolute Gasteiger partial charge is 0.258 e. The molecule has 1 aliphatic carbocycles. The number of benzene rings is 1. The van der Waals surface area contributed by atoms with Gasteiger partial charge in [-0.3, -0.25) is 14.3 Å². The first kappa shape index (κ1) is 21.2. The maximum atomic E-state index is 12.6. The third kappa shape index (κ3) is 5.37. The molecule has 0 aliphatic heterocycles. The second-order valence-electron chi connectivity index (χ2n) is 7.38. The predicted octanol–water partition coefficient (Wildman–Crippen LogP) is 3.62. The topological polar surface area (TPSA) is 82.8 Å². The Bertz CT molecular complexity index is 1100. The number of rotatable bonds is 9. The number of hydrogen-bond donors (Lipinski definition) is 1. The number of aliphatic hydroxyl groups is 1. The van der Waals surface area contributed by atoms with Crippen LogP contribution >= 0.6 is 11.6 Å². The zero-order valence-electron chi connectivity index (χ0n) is 17.0. The SMILES string of the molecule is COc1cc(-n2ccc(OCc3ccc(Cl)cn3)cc2=O)ccc1OC[C@H](O)C1CC1. The summed E-state index contributed by atoms with van der Waals surface area (Å²) >= 11 is 5.83. The van der Waals surface area contributed by atoms with E-state index in [1.54, 1.807) is 48.8 Å². The third-order valence-electron chi connectivity index (χ3n) is 5.07. The second-order valence-corrected chi connectivity index (χ2v) is 7.81. The molecule has 162 valence electrons. The van der Waals surface area contributed by atoms with Crippen LogP contribution in [-0.2, 0) is 6.61 Å². The molecular formula is C23H23ClN2O5. The van der Waals surface area contributed by atoms with Gasteiger partial charge in [0.2, 0.25) is 0 Å². The van der Waals surface area contributed by atoms with Crippen LogP contribution in [0.4, 0.5) is 0 Å². The van der Waals surface area contributed by atoms with E-state index < -0.39 is 6.10 Å². The number of pyridine rings is 2. The molecule has 1 atom stereocenters. The van der Waals surface area contributed by atoms with Crippen molar-refractivity contribution < 1.29 is 19.3 Å². The van der Waals surface area contributed by atoms with Gasteiger partial charge in [-0.1, -0.05) is 11.6 Å². The van der Waals surface area contributed by atoms with E-state index in [0.29, 0.717) is 39.6 Å². The van der Waals surface area contributed by atoms with Crippen LogP contribution < -0.4 is 19.8 Å². The summed E-state index contributed by atoms with van der Waals surface area (Å²) in [6.07, 6.45) is 4.80. The molecule has 31 heavy (non-hydrogen) atoms. The average molecular weight is 443 g/mol. The van der Waals surface area contributed by atoms with Crippen LogP contribution in [0, 0.1) is 5.92 Å². The number of ether oxygens (including phenoxy) is 3. The van der Waals surface area contributed by atoms with Crippen LogP contribution in [0.2, 0.25) is 5.02 Å². The van der Waals surface area contributed by atoms with Gasteiger partial charge in [-0.15, -0.1) is 0 Å². The van der Waals surface area contributed by atoms with Crippen LogP contribution in [0.1, 0.15) is 18.5 Å². The molecule has 1 N–H and O–H groups in total. The van der Waals surface area contributed by atoms with E-state index in [1.165, 1.54) is 17.7 Å². The zero-order valence-corrected chi connectivity index (χ0v) is 17.8. The highest BCUT2D eigenvalue weighted by molar-refractivity contribution is 6.30. The molecule has 1 aliphatic rings. The first-order valence-corrected chi connectivity index (χ1v) is 10.4. The molecule has 0 saturated heterocycles. The van der Waals surface area contributed by atoms with E-state index in [-0.39, 0.29) is 18.8 Å². The van der Waals surface area contributed by atoms with Crippen molar-refractivity contribution in [2.75, 3.05) is 13.7 Å². The molecule has 1 fully saturated rings. The summed E-state index contributed by atoms with van der Waals surface area (Å²) in [5, 5.41) is 10.6. The van der Waals surface area contributed by atoms with Gasteiger partial charge >= 0.3 is 0 Å². The van der Waals surface area contributed by atoms with Crippen molar-refractivity contribution in [3.8, 4) is 22.9 Å². The van der Waals surface area contributed by atoms with E-state index >= 15 is 0 Å². The van der Waals surface area contributed by atoms with E-state index in [0.717, 1.165) is 12.8 Å². The third-order valence-corrected chi connectivity index (χ3v) is 5.29. The lowest BCUT2D eigenvalue weighted by molar-refractivity contribution is 0.0880. The van der Waals surface area contributed by atoms with Gasteiger partial charge in [-0.25, -0.2) is 0 Å². The Morgan fingerprint density at radius 1 is 1.16 bits per heavy atom.